The van der Waals surface area contributed by atoms with E-state index in [-0.39, 0.29) is 17.7 Å². The third-order valence-corrected chi connectivity index (χ3v) is 4.01. The highest BCUT2D eigenvalue weighted by Crippen LogP contribution is 2.35. The van der Waals surface area contributed by atoms with Crippen molar-refractivity contribution in [2.75, 3.05) is 5.75 Å². The van der Waals surface area contributed by atoms with Gasteiger partial charge in [-0.1, -0.05) is 11.9 Å². The maximum Gasteiger partial charge on any atom is 0.286 e. The Morgan fingerprint density at radius 2 is 2.44 bits per heavy atom. The predicted molar refractivity (Wildman–Crippen MR) is 59.4 cm³/mol. The molecule has 6 heteroatoms. The van der Waals surface area contributed by atoms with Crippen LogP contribution in [0.15, 0.2) is 12.3 Å². The quantitative estimate of drug-likeness (QED) is 0.734. The van der Waals surface area contributed by atoms with Gasteiger partial charge in [0, 0.05) is 11.9 Å². The molecule has 0 bridgehead atoms. The molecule has 1 aromatic rings. The molecule has 84 valence electrons. The monoisotopic (exact) mass is 237 g/mol. The summed E-state index contributed by atoms with van der Waals surface area (Å²) in [6, 6.07) is 1.60. The maximum atomic E-state index is 12.2. The summed E-state index contributed by atoms with van der Waals surface area (Å²) in [5.74, 6) is 0.598. The Labute approximate surface area is 96.9 Å². The molecule has 1 N–H and O–H groups in total. The molecule has 0 aliphatic carbocycles. The number of amides is 1. The van der Waals surface area contributed by atoms with Crippen LogP contribution in [0.3, 0.4) is 0 Å². The molecule has 1 fully saturated rings. The van der Waals surface area contributed by atoms with Gasteiger partial charge in [0.1, 0.15) is 11.7 Å². The molecule has 1 unspecified atom stereocenters. The van der Waals surface area contributed by atoms with Crippen molar-refractivity contribution in [2.24, 2.45) is 0 Å². The molecule has 1 atom stereocenters. The molecule has 1 aromatic heterocycles. The van der Waals surface area contributed by atoms with Gasteiger partial charge in [0.25, 0.3) is 5.91 Å². The molecule has 1 amide bonds. The Balaban J connectivity index is 2.01. The van der Waals surface area contributed by atoms with Crippen LogP contribution in [0.4, 0.5) is 0 Å². The van der Waals surface area contributed by atoms with E-state index in [9.17, 15) is 9.59 Å². The first-order chi connectivity index (χ1) is 7.68. The number of rotatable bonds is 1. The number of aromatic amines is 1. The Morgan fingerprint density at radius 3 is 3.19 bits per heavy atom. The van der Waals surface area contributed by atoms with Gasteiger partial charge in [0.2, 0.25) is 0 Å². The zero-order valence-electron chi connectivity index (χ0n) is 8.77. The van der Waals surface area contributed by atoms with Gasteiger partial charge < -0.3 is 4.98 Å². The summed E-state index contributed by atoms with van der Waals surface area (Å²) >= 11 is 1.54. The molecular weight excluding hydrogens is 226 g/mol. The average molecular weight is 237 g/mol. The van der Waals surface area contributed by atoms with Crippen LogP contribution in [0.5, 0.6) is 0 Å². The average Bonchev–Trinajstić information content (AvgIpc) is 2.83. The first-order valence-electron chi connectivity index (χ1n) is 5.09. The molecule has 2 aliphatic heterocycles. The minimum absolute atomic E-state index is 0.0401. The van der Waals surface area contributed by atoms with Gasteiger partial charge in [0.15, 0.2) is 5.78 Å². The van der Waals surface area contributed by atoms with Gasteiger partial charge >= 0.3 is 0 Å². The van der Waals surface area contributed by atoms with Crippen molar-refractivity contribution >= 4 is 23.6 Å². The van der Waals surface area contributed by atoms with Crippen LogP contribution in [0.1, 0.15) is 23.0 Å². The first-order valence-corrected chi connectivity index (χ1v) is 6.03. The number of aromatic nitrogens is 1. The van der Waals surface area contributed by atoms with E-state index in [2.05, 4.69) is 4.98 Å². The highest BCUT2D eigenvalue weighted by atomic mass is 32.2. The van der Waals surface area contributed by atoms with Crippen molar-refractivity contribution in [3.8, 4) is 0 Å². The molecule has 5 nitrogen and oxygen atoms in total. The molecule has 1 saturated heterocycles. The van der Waals surface area contributed by atoms with E-state index < -0.39 is 0 Å². The number of fused-ring (bicyclic) bond motifs is 2. The number of nitrogens with one attached hydrogen (secondary N) is 1. The maximum absolute atomic E-state index is 12.2. The number of hydrogen-bond donors (Lipinski definition) is 1. The molecule has 0 radical (unpaired) electrons. The van der Waals surface area contributed by atoms with Crippen molar-refractivity contribution in [3.63, 3.8) is 0 Å². The summed E-state index contributed by atoms with van der Waals surface area (Å²) in [5, 5.41) is 1.58. The summed E-state index contributed by atoms with van der Waals surface area (Å²) in [5.41, 5.74) is 1.61. The summed E-state index contributed by atoms with van der Waals surface area (Å²) in [6.45, 7) is 2.21. The van der Waals surface area contributed by atoms with Gasteiger partial charge in [-0.2, -0.15) is 4.41 Å². The lowest BCUT2D eigenvalue weighted by atomic mass is 10.1. The largest absolute Gasteiger partial charge is 0.357 e. The number of ketones is 1. The van der Waals surface area contributed by atoms with E-state index in [1.54, 1.807) is 11.2 Å². The van der Waals surface area contributed by atoms with Crippen molar-refractivity contribution in [2.45, 2.75) is 19.5 Å². The number of Topliss-reactive ketones (excluding diaryl/α,β-unsaturated/α-hetero) is 1. The lowest BCUT2D eigenvalue weighted by molar-refractivity contribution is -0.123. The van der Waals surface area contributed by atoms with E-state index in [0.717, 1.165) is 5.56 Å². The number of hydrazine groups is 1. The number of H-pyrrole nitrogens is 1. The predicted octanol–water partition coefficient (Wildman–Crippen LogP) is 0.807. The van der Waals surface area contributed by atoms with Gasteiger partial charge in [-0.3, -0.25) is 9.59 Å². The second-order valence-corrected chi connectivity index (χ2v) is 4.97. The smallest absolute Gasteiger partial charge is 0.286 e. The number of hydrogen-bond acceptors (Lipinski definition) is 4. The number of carbonyl (C=O) groups excluding carboxylic acids is 2. The minimum Gasteiger partial charge on any atom is -0.357 e. The second kappa shape index (κ2) is 3.36. The van der Waals surface area contributed by atoms with Crippen molar-refractivity contribution in [1.29, 1.82) is 0 Å². The van der Waals surface area contributed by atoms with Crippen LogP contribution in [0.25, 0.3) is 0 Å². The lowest BCUT2D eigenvalue weighted by Crippen LogP contribution is -2.49. The summed E-state index contributed by atoms with van der Waals surface area (Å²) < 4.78 is 1.88. The molecule has 2 aliphatic rings. The Bertz CT molecular complexity index is 470. The van der Waals surface area contributed by atoms with Crippen LogP contribution >= 0.6 is 11.9 Å². The Kier molecular flexibility index (Phi) is 2.08. The molecular formula is C10H11N3O2S. The lowest BCUT2D eigenvalue weighted by Gasteiger charge is -2.33. The topological polar surface area (TPSA) is 56.4 Å². The van der Waals surface area contributed by atoms with E-state index in [0.29, 0.717) is 18.0 Å². The summed E-state index contributed by atoms with van der Waals surface area (Å²) in [7, 11) is 0. The van der Waals surface area contributed by atoms with Crippen LogP contribution in [0, 0.1) is 0 Å². The fraction of sp³-hybridized carbons (Fsp3) is 0.400. The van der Waals surface area contributed by atoms with Crippen molar-refractivity contribution in [3.05, 3.63) is 23.5 Å². The molecule has 3 heterocycles. The Morgan fingerprint density at radius 1 is 1.62 bits per heavy atom. The standard InChI is InChI=1S/C10H11N3O2S/c1-6(14)8-5-16-12-4-7-2-3-11-9(7)10(15)13(8)12/h2-3,8,11H,4-5H2,1H3. The first kappa shape index (κ1) is 9.92. The fourth-order valence-corrected chi connectivity index (χ4v) is 3.32. The van der Waals surface area contributed by atoms with E-state index in [1.807, 2.05) is 10.5 Å². The van der Waals surface area contributed by atoms with Gasteiger partial charge in [-0.05, 0) is 18.6 Å². The van der Waals surface area contributed by atoms with Crippen LogP contribution in [-0.4, -0.2) is 37.9 Å². The third-order valence-electron chi connectivity index (χ3n) is 2.95. The number of nitrogens with zero attached hydrogens (tertiary/aromatic N) is 2. The van der Waals surface area contributed by atoms with Crippen LogP contribution in [-0.2, 0) is 11.3 Å². The van der Waals surface area contributed by atoms with Crippen LogP contribution in [0.2, 0.25) is 0 Å². The van der Waals surface area contributed by atoms with E-state index in [4.69, 9.17) is 0 Å². The number of carbonyl (C=O) groups is 2. The summed E-state index contributed by atoms with van der Waals surface area (Å²) in [4.78, 5) is 26.6. The third kappa shape index (κ3) is 1.23. The molecule has 0 spiro atoms. The van der Waals surface area contributed by atoms with Crippen molar-refractivity contribution in [1.82, 2.24) is 14.4 Å². The van der Waals surface area contributed by atoms with Gasteiger partial charge in [-0.25, -0.2) is 5.01 Å². The highest BCUT2D eigenvalue weighted by molar-refractivity contribution is 7.97. The normalized spacial score (nSPS) is 24.4. The van der Waals surface area contributed by atoms with Gasteiger partial charge in [-0.15, -0.1) is 0 Å². The molecule has 16 heavy (non-hydrogen) atoms. The minimum atomic E-state index is -0.311. The SMILES string of the molecule is CC(=O)C1CSN2Cc3cc[nH]c3C(=O)N12. The van der Waals surface area contributed by atoms with Crippen molar-refractivity contribution < 1.29 is 9.59 Å². The molecule has 3 rings (SSSR count). The zero-order chi connectivity index (χ0) is 11.3. The highest BCUT2D eigenvalue weighted by Gasteiger charge is 2.43. The van der Waals surface area contributed by atoms with Crippen LogP contribution < -0.4 is 0 Å². The van der Waals surface area contributed by atoms with Gasteiger partial charge in [0.05, 0.1) is 6.54 Å². The Hall–Kier alpha value is -1.27. The zero-order valence-corrected chi connectivity index (χ0v) is 9.58. The molecule has 0 saturated carbocycles. The summed E-state index contributed by atoms with van der Waals surface area (Å²) in [6.07, 6.45) is 1.76. The fourth-order valence-electron chi connectivity index (χ4n) is 2.09. The molecule has 0 aromatic carbocycles. The van der Waals surface area contributed by atoms with E-state index in [1.165, 1.54) is 18.9 Å². The second-order valence-electron chi connectivity index (χ2n) is 3.96. The van der Waals surface area contributed by atoms with E-state index >= 15 is 0 Å².